The zero-order valence-corrected chi connectivity index (χ0v) is 22.5. The Bertz CT molecular complexity index is 1370. The molecule has 0 atom stereocenters. The fourth-order valence-corrected chi connectivity index (χ4v) is 4.14. The molecule has 0 fully saturated rings. The first-order chi connectivity index (χ1) is 17.2. The molecule has 1 amide bonds. The van der Waals surface area contributed by atoms with E-state index in [1.165, 1.54) is 24.3 Å². The molecule has 0 aliphatic rings. The highest BCUT2D eigenvalue weighted by atomic mass is 127. The molecule has 3 rings (SSSR count). The molecule has 0 aliphatic carbocycles. The highest BCUT2D eigenvalue weighted by Crippen LogP contribution is 2.35. The van der Waals surface area contributed by atoms with Crippen LogP contribution in [0, 0.1) is 14.9 Å². The van der Waals surface area contributed by atoms with E-state index >= 15 is 0 Å². The summed E-state index contributed by atoms with van der Waals surface area (Å²) >= 11 is 14.0. The van der Waals surface area contributed by atoms with Gasteiger partial charge in [-0.25, -0.2) is 4.79 Å². The molecule has 184 valence electrons. The zero-order chi connectivity index (χ0) is 26.2. The maximum atomic E-state index is 12.7. The van der Waals surface area contributed by atoms with Crippen molar-refractivity contribution < 1.29 is 24.2 Å². The highest BCUT2D eigenvalue weighted by molar-refractivity contribution is 14.1. The van der Waals surface area contributed by atoms with Crippen LogP contribution >= 0.6 is 45.8 Å². The molecule has 3 aromatic carbocycles. The number of aromatic carboxylic acids is 1. The average Bonchev–Trinajstić information content (AvgIpc) is 2.84. The second-order valence-electron chi connectivity index (χ2n) is 7.31. The third-order valence-corrected chi connectivity index (χ3v) is 6.31. The number of nitriles is 1. The number of ether oxygens (including phenoxy) is 2. The summed E-state index contributed by atoms with van der Waals surface area (Å²) in [5.41, 5.74) is 1.83. The van der Waals surface area contributed by atoms with E-state index in [1.807, 2.05) is 13.0 Å². The number of carbonyl (C=O) groups excluding carboxylic acids is 1. The lowest BCUT2D eigenvalue weighted by molar-refractivity contribution is -0.112. The van der Waals surface area contributed by atoms with Gasteiger partial charge >= 0.3 is 5.97 Å². The predicted molar refractivity (Wildman–Crippen MR) is 147 cm³/mol. The van der Waals surface area contributed by atoms with Gasteiger partial charge in [0.05, 0.1) is 25.8 Å². The molecule has 0 saturated heterocycles. The van der Waals surface area contributed by atoms with Gasteiger partial charge in [0, 0.05) is 5.69 Å². The summed E-state index contributed by atoms with van der Waals surface area (Å²) in [6.45, 7) is 2.39. The molecule has 3 aromatic rings. The number of benzene rings is 3. The summed E-state index contributed by atoms with van der Waals surface area (Å²) in [7, 11) is 0. The van der Waals surface area contributed by atoms with Gasteiger partial charge in [-0.2, -0.15) is 5.26 Å². The predicted octanol–water partition coefficient (Wildman–Crippen LogP) is 6.82. The topological polar surface area (TPSA) is 109 Å². The maximum absolute atomic E-state index is 12.7. The molecule has 0 unspecified atom stereocenters. The van der Waals surface area contributed by atoms with Gasteiger partial charge in [-0.3, -0.25) is 4.79 Å². The first kappa shape index (κ1) is 27.3. The van der Waals surface area contributed by atoms with Gasteiger partial charge in [-0.1, -0.05) is 35.3 Å². The Hall–Kier alpha value is -3.26. The molecule has 0 radical (unpaired) electrons. The van der Waals surface area contributed by atoms with E-state index in [4.69, 9.17) is 37.8 Å². The summed E-state index contributed by atoms with van der Waals surface area (Å²) in [5, 5.41) is 21.9. The second-order valence-corrected chi connectivity index (χ2v) is 9.28. The van der Waals surface area contributed by atoms with Crippen molar-refractivity contribution in [2.75, 3.05) is 11.9 Å². The second kappa shape index (κ2) is 12.6. The Morgan fingerprint density at radius 3 is 2.42 bits per heavy atom. The molecule has 36 heavy (non-hydrogen) atoms. The summed E-state index contributed by atoms with van der Waals surface area (Å²) in [4.78, 5) is 23.7. The van der Waals surface area contributed by atoms with Crippen molar-refractivity contribution in [3.63, 3.8) is 0 Å². The normalized spacial score (nSPS) is 10.9. The van der Waals surface area contributed by atoms with E-state index in [0.29, 0.717) is 37.9 Å². The third-order valence-electron chi connectivity index (χ3n) is 4.77. The monoisotopic (exact) mass is 636 g/mol. The first-order valence-corrected chi connectivity index (χ1v) is 12.3. The van der Waals surface area contributed by atoms with Crippen molar-refractivity contribution in [1.29, 1.82) is 5.26 Å². The zero-order valence-electron chi connectivity index (χ0n) is 18.8. The van der Waals surface area contributed by atoms with Crippen molar-refractivity contribution in [1.82, 2.24) is 0 Å². The van der Waals surface area contributed by atoms with Gasteiger partial charge in [0.25, 0.3) is 5.91 Å². The van der Waals surface area contributed by atoms with Crippen molar-refractivity contribution in [2.24, 2.45) is 0 Å². The molecule has 0 heterocycles. The fraction of sp³-hybridized carbons (Fsp3) is 0.115. The number of rotatable bonds is 9. The molecule has 0 aliphatic heterocycles. The van der Waals surface area contributed by atoms with Crippen LogP contribution in [0.25, 0.3) is 6.08 Å². The lowest BCUT2D eigenvalue weighted by Crippen LogP contribution is -2.13. The highest BCUT2D eigenvalue weighted by Gasteiger charge is 2.15. The van der Waals surface area contributed by atoms with Crippen LogP contribution in [0.4, 0.5) is 5.69 Å². The van der Waals surface area contributed by atoms with Crippen molar-refractivity contribution in [2.45, 2.75) is 13.5 Å². The minimum absolute atomic E-state index is 0.119. The van der Waals surface area contributed by atoms with Gasteiger partial charge in [0.15, 0.2) is 11.5 Å². The number of nitrogens with one attached hydrogen (secondary N) is 1. The summed E-state index contributed by atoms with van der Waals surface area (Å²) < 4.78 is 12.4. The molecule has 0 bridgehead atoms. The van der Waals surface area contributed by atoms with Crippen LogP contribution < -0.4 is 14.8 Å². The van der Waals surface area contributed by atoms with E-state index in [9.17, 15) is 14.9 Å². The summed E-state index contributed by atoms with van der Waals surface area (Å²) in [6.07, 6.45) is 1.45. The van der Waals surface area contributed by atoms with Crippen LogP contribution in [0.1, 0.15) is 28.4 Å². The molecule has 0 saturated carbocycles. The summed E-state index contributed by atoms with van der Waals surface area (Å²) in [5.74, 6) is -0.661. The van der Waals surface area contributed by atoms with E-state index < -0.39 is 11.9 Å². The van der Waals surface area contributed by atoms with Crippen molar-refractivity contribution in [3.8, 4) is 17.6 Å². The van der Waals surface area contributed by atoms with Crippen LogP contribution in [0.3, 0.4) is 0 Å². The van der Waals surface area contributed by atoms with E-state index in [2.05, 4.69) is 27.9 Å². The number of amides is 1. The van der Waals surface area contributed by atoms with Gasteiger partial charge in [0.2, 0.25) is 0 Å². The molecular formula is C26H19Cl2IN2O5. The van der Waals surface area contributed by atoms with Crippen molar-refractivity contribution >= 4 is 69.4 Å². The Morgan fingerprint density at radius 1 is 1.08 bits per heavy atom. The maximum Gasteiger partial charge on any atom is 0.335 e. The Morgan fingerprint density at radius 2 is 1.81 bits per heavy atom. The van der Waals surface area contributed by atoms with E-state index in [0.717, 1.165) is 5.56 Å². The van der Waals surface area contributed by atoms with Crippen LogP contribution in [-0.2, 0) is 11.4 Å². The van der Waals surface area contributed by atoms with Gasteiger partial charge < -0.3 is 19.9 Å². The Balaban J connectivity index is 1.82. The quantitative estimate of drug-likeness (QED) is 0.152. The average molecular weight is 637 g/mol. The SMILES string of the molecule is CCOc1cc(/C=C(\C#N)C(=O)Nc2ccc(Cl)c(Cl)c2)cc(I)c1OCc1ccc(C(=O)O)cc1. The third kappa shape index (κ3) is 7.13. The number of halogens is 3. The van der Waals surface area contributed by atoms with Crippen LogP contribution in [-0.4, -0.2) is 23.6 Å². The molecule has 0 spiro atoms. The Labute approximate surface area is 231 Å². The largest absolute Gasteiger partial charge is 0.490 e. The number of nitrogens with zero attached hydrogens (tertiary/aromatic N) is 1. The molecule has 0 aromatic heterocycles. The van der Waals surface area contributed by atoms with Crippen LogP contribution in [0.15, 0.2) is 60.2 Å². The standard InChI is InChI=1S/C26H19Cl2IN2O5/c1-2-35-23-11-16(9-18(13-30)25(32)31-19-7-8-20(27)21(28)12-19)10-22(29)24(23)36-14-15-3-5-17(6-4-15)26(33)34/h3-12H,2,14H2,1H3,(H,31,32)(H,33,34)/b18-9+. The van der Waals surface area contributed by atoms with Crippen LogP contribution in [0.2, 0.25) is 10.0 Å². The number of carboxylic acid groups (broad SMARTS) is 1. The van der Waals surface area contributed by atoms with Gasteiger partial charge in [0.1, 0.15) is 18.2 Å². The van der Waals surface area contributed by atoms with E-state index in [-0.39, 0.29) is 22.8 Å². The van der Waals surface area contributed by atoms with Gasteiger partial charge in [-0.15, -0.1) is 0 Å². The number of carboxylic acids is 1. The lowest BCUT2D eigenvalue weighted by Gasteiger charge is -2.15. The number of carbonyl (C=O) groups is 2. The van der Waals surface area contributed by atoms with E-state index in [1.54, 1.807) is 36.4 Å². The molecule has 2 N–H and O–H groups in total. The molecule has 10 heteroatoms. The smallest absolute Gasteiger partial charge is 0.335 e. The molecular weight excluding hydrogens is 618 g/mol. The molecule has 7 nitrogen and oxygen atoms in total. The number of hydrogen-bond acceptors (Lipinski definition) is 5. The first-order valence-electron chi connectivity index (χ1n) is 10.5. The van der Waals surface area contributed by atoms with Crippen molar-refractivity contribution in [3.05, 3.63) is 90.5 Å². The number of hydrogen-bond donors (Lipinski definition) is 2. The lowest BCUT2D eigenvalue weighted by atomic mass is 10.1. The summed E-state index contributed by atoms with van der Waals surface area (Å²) in [6, 6.07) is 16.4. The minimum atomic E-state index is -0.998. The minimum Gasteiger partial charge on any atom is -0.490 e. The fourth-order valence-electron chi connectivity index (χ4n) is 3.06. The number of anilines is 1. The van der Waals surface area contributed by atoms with Crippen LogP contribution in [0.5, 0.6) is 11.5 Å². The Kier molecular flexibility index (Phi) is 9.58. The van der Waals surface area contributed by atoms with Gasteiger partial charge in [-0.05, 0) is 89.2 Å².